The molecule has 0 aromatic heterocycles. The van der Waals surface area contributed by atoms with E-state index in [9.17, 15) is 29.4 Å². The van der Waals surface area contributed by atoms with Crippen LogP contribution in [-0.2, 0) is 23.9 Å². The number of rotatable bonds is 11. The summed E-state index contributed by atoms with van der Waals surface area (Å²) in [6.07, 6.45) is -2.56. The van der Waals surface area contributed by atoms with Crippen LogP contribution in [0, 0.1) is 0 Å². The highest BCUT2D eigenvalue weighted by Gasteiger charge is 2.24. The van der Waals surface area contributed by atoms with Gasteiger partial charge in [-0.05, 0) is 27.7 Å². The molecule has 0 aromatic rings. The monoisotopic (exact) mass is 490 g/mol. The summed E-state index contributed by atoms with van der Waals surface area (Å²) in [6.45, 7) is 14.2. The predicted octanol–water partition coefficient (Wildman–Crippen LogP) is -1.04. The summed E-state index contributed by atoms with van der Waals surface area (Å²) in [4.78, 5) is 43.8. The first kappa shape index (κ1) is 33.5. The number of aliphatic hydroxyl groups excluding tert-OH is 4. The van der Waals surface area contributed by atoms with Crippen LogP contribution in [0.25, 0.3) is 0 Å². The van der Waals surface area contributed by atoms with Crippen LogP contribution < -0.4 is 5.32 Å². The quantitative estimate of drug-likeness (QED) is 0.118. The van der Waals surface area contributed by atoms with Gasteiger partial charge < -0.3 is 40.5 Å². The van der Waals surface area contributed by atoms with Crippen molar-refractivity contribution in [2.24, 2.45) is 0 Å². The van der Waals surface area contributed by atoms with E-state index in [1.807, 2.05) is 0 Å². The van der Waals surface area contributed by atoms with Crippen LogP contribution in [0.5, 0.6) is 0 Å². The fourth-order valence-corrected chi connectivity index (χ4v) is 2.32. The molecular weight excluding hydrogens is 452 g/mol. The van der Waals surface area contributed by atoms with E-state index in [0.717, 1.165) is 0 Å². The molecule has 1 aliphatic rings. The number of esters is 2. The fraction of sp³-hybridized carbons (Fsp3) is 0.636. The largest absolute Gasteiger partial charge is 0.481 e. The zero-order valence-electron chi connectivity index (χ0n) is 20.2. The van der Waals surface area contributed by atoms with Gasteiger partial charge in [0.05, 0.1) is 37.3 Å². The van der Waals surface area contributed by atoms with Crippen molar-refractivity contribution < 1.29 is 49.4 Å². The number of aliphatic hydroxyl groups is 4. The molecule has 0 saturated carbocycles. The lowest BCUT2D eigenvalue weighted by Gasteiger charge is -2.25. The van der Waals surface area contributed by atoms with Crippen LogP contribution in [0.1, 0.15) is 40.5 Å². The molecule has 1 saturated heterocycles. The van der Waals surface area contributed by atoms with E-state index in [2.05, 4.69) is 23.2 Å². The molecule has 1 fully saturated rings. The summed E-state index contributed by atoms with van der Waals surface area (Å²) >= 11 is 0. The molecule has 0 aromatic carbocycles. The maximum atomic E-state index is 11.8. The third kappa shape index (κ3) is 18.9. The number of ether oxygens (including phenoxy) is 1. The fourth-order valence-electron chi connectivity index (χ4n) is 2.32. The van der Waals surface area contributed by atoms with Crippen molar-refractivity contribution in [1.29, 1.82) is 0 Å². The lowest BCUT2D eigenvalue weighted by Crippen LogP contribution is -2.41. The van der Waals surface area contributed by atoms with Crippen molar-refractivity contribution in [2.75, 3.05) is 26.2 Å². The average molecular weight is 491 g/mol. The number of nitrogens with zero attached hydrogens (tertiary/aromatic N) is 1. The minimum Gasteiger partial charge on any atom is -0.481 e. The number of nitrogens with one attached hydrogen (secondary N) is 1. The van der Waals surface area contributed by atoms with E-state index >= 15 is 0 Å². The average Bonchev–Trinajstić information content (AvgIpc) is 2.94. The summed E-state index contributed by atoms with van der Waals surface area (Å²) in [7, 11) is 0. The maximum Gasteiger partial charge on any atom is 0.341 e. The number of cyclic esters (lactones) is 2. The topological polar surface area (TPSA) is 194 Å². The molecular formula is C22H38N2O10. The van der Waals surface area contributed by atoms with Crippen LogP contribution in [-0.4, -0.2) is 105 Å². The van der Waals surface area contributed by atoms with Gasteiger partial charge in [-0.3, -0.25) is 14.4 Å². The van der Waals surface area contributed by atoms with Gasteiger partial charge in [0.2, 0.25) is 5.91 Å². The normalized spacial score (nSPS) is 16.1. The minimum absolute atomic E-state index is 0.0301. The predicted molar refractivity (Wildman–Crippen MR) is 122 cm³/mol. The summed E-state index contributed by atoms with van der Waals surface area (Å²) in [6, 6.07) is 0. The number of aliphatic carboxylic acids is 1. The molecule has 4 unspecified atom stereocenters. The Labute approximate surface area is 199 Å². The zero-order chi connectivity index (χ0) is 27.0. The Morgan fingerprint density at radius 2 is 1.41 bits per heavy atom. The Morgan fingerprint density at radius 3 is 1.65 bits per heavy atom. The Balaban J connectivity index is 0. The summed E-state index contributed by atoms with van der Waals surface area (Å²) < 4.78 is 4.10. The lowest BCUT2D eigenvalue weighted by molar-refractivity contribution is -0.151. The molecule has 196 valence electrons. The number of hydrogen-bond donors (Lipinski definition) is 6. The van der Waals surface area contributed by atoms with Gasteiger partial charge in [0, 0.05) is 37.3 Å². The number of carboxylic acids is 1. The summed E-state index contributed by atoms with van der Waals surface area (Å²) in [5.74, 6) is -2.79. The Morgan fingerprint density at radius 1 is 0.971 bits per heavy atom. The molecule has 12 nitrogen and oxygen atoms in total. The first-order valence-corrected chi connectivity index (χ1v) is 10.6. The smallest absolute Gasteiger partial charge is 0.341 e. The van der Waals surface area contributed by atoms with Gasteiger partial charge in [0.1, 0.15) is 0 Å². The first-order chi connectivity index (χ1) is 15.6. The van der Waals surface area contributed by atoms with E-state index in [4.69, 9.17) is 15.3 Å². The van der Waals surface area contributed by atoms with Crippen molar-refractivity contribution >= 4 is 23.8 Å². The van der Waals surface area contributed by atoms with Gasteiger partial charge in [0.15, 0.2) is 0 Å². The van der Waals surface area contributed by atoms with Gasteiger partial charge in [-0.25, -0.2) is 4.79 Å². The van der Waals surface area contributed by atoms with Crippen LogP contribution in [0.15, 0.2) is 24.3 Å². The van der Waals surface area contributed by atoms with Crippen LogP contribution in [0.4, 0.5) is 0 Å². The third-order valence-corrected chi connectivity index (χ3v) is 3.66. The molecule has 1 aliphatic heterocycles. The van der Waals surface area contributed by atoms with Gasteiger partial charge in [-0.1, -0.05) is 13.2 Å². The Hall–Kier alpha value is -2.64. The molecule has 12 heteroatoms. The SMILES string of the molecule is C=C(CC(=O)O)C(=O)N(CC(C)O)CC(C)O.C=C1CC(=O)OC1=O.CC(O)CNCC(C)O. The van der Waals surface area contributed by atoms with Gasteiger partial charge >= 0.3 is 17.9 Å². The van der Waals surface area contributed by atoms with E-state index < -0.39 is 42.4 Å². The second kappa shape index (κ2) is 17.8. The molecule has 0 radical (unpaired) electrons. The zero-order valence-corrected chi connectivity index (χ0v) is 20.2. The second-order valence-corrected chi connectivity index (χ2v) is 7.98. The van der Waals surface area contributed by atoms with Gasteiger partial charge in [-0.15, -0.1) is 0 Å². The highest BCUT2D eigenvalue weighted by atomic mass is 16.6. The van der Waals surface area contributed by atoms with E-state index in [-0.39, 0.29) is 42.9 Å². The highest BCUT2D eigenvalue weighted by molar-refractivity contribution is 6.05. The third-order valence-electron chi connectivity index (χ3n) is 3.66. The molecule has 1 amide bonds. The van der Waals surface area contributed by atoms with Crippen molar-refractivity contribution in [3.63, 3.8) is 0 Å². The van der Waals surface area contributed by atoms with Crippen LogP contribution in [0.3, 0.4) is 0 Å². The van der Waals surface area contributed by atoms with E-state index in [0.29, 0.717) is 13.1 Å². The highest BCUT2D eigenvalue weighted by Crippen LogP contribution is 2.10. The number of hydrogen-bond acceptors (Lipinski definition) is 10. The molecule has 1 heterocycles. The summed E-state index contributed by atoms with van der Waals surface area (Å²) in [5, 5.41) is 47.3. The van der Waals surface area contributed by atoms with Crippen molar-refractivity contribution in [3.8, 4) is 0 Å². The molecule has 0 aliphatic carbocycles. The number of amides is 1. The number of carbonyl (C=O) groups is 4. The standard InChI is InChI=1S/C11H19NO5.C6H15NO2.C5H4O3/c1-7(4-10(15)16)11(17)12(5-8(2)13)6-9(3)14;1-5(8)3-7-4-6(2)9;1-3-2-4(6)8-5(3)7/h8-9,13-14H,1,4-6H2,2-3H3,(H,15,16);5-9H,3-4H2,1-2H3;1-2H2. The van der Waals surface area contributed by atoms with Crippen LogP contribution >= 0.6 is 0 Å². The maximum absolute atomic E-state index is 11.8. The van der Waals surface area contributed by atoms with E-state index in [1.165, 1.54) is 18.7 Å². The number of carboxylic acid groups (broad SMARTS) is 1. The van der Waals surface area contributed by atoms with Crippen molar-refractivity contribution in [2.45, 2.75) is 65.0 Å². The Bertz CT molecular complexity index is 666. The van der Waals surface area contributed by atoms with Crippen molar-refractivity contribution in [1.82, 2.24) is 10.2 Å². The van der Waals surface area contributed by atoms with Crippen molar-refractivity contribution in [3.05, 3.63) is 24.3 Å². The van der Waals surface area contributed by atoms with Crippen LogP contribution in [0.2, 0.25) is 0 Å². The number of carbonyl (C=O) groups excluding carboxylic acids is 3. The van der Waals surface area contributed by atoms with E-state index in [1.54, 1.807) is 13.8 Å². The molecule has 6 N–H and O–H groups in total. The van der Waals surface area contributed by atoms with Gasteiger partial charge in [-0.2, -0.15) is 0 Å². The summed E-state index contributed by atoms with van der Waals surface area (Å²) in [5.41, 5.74) is 0.175. The molecule has 0 bridgehead atoms. The Kier molecular flexibility index (Phi) is 17.5. The van der Waals surface area contributed by atoms with Gasteiger partial charge in [0.25, 0.3) is 0 Å². The molecule has 1 rings (SSSR count). The minimum atomic E-state index is -1.14. The molecule has 4 atom stereocenters. The lowest BCUT2D eigenvalue weighted by atomic mass is 10.1. The molecule has 34 heavy (non-hydrogen) atoms. The first-order valence-electron chi connectivity index (χ1n) is 10.6. The molecule has 0 spiro atoms. The second-order valence-electron chi connectivity index (χ2n) is 7.98.